The Morgan fingerprint density at radius 3 is 2.20 bits per heavy atom. The molecule has 0 bridgehead atoms. The van der Waals surface area contributed by atoms with Gasteiger partial charge in [0, 0.05) is 29.9 Å². The van der Waals surface area contributed by atoms with Crippen molar-refractivity contribution >= 4 is 5.82 Å². The lowest BCUT2D eigenvalue weighted by Gasteiger charge is -2.16. The first-order valence-electron chi connectivity index (χ1n) is 6.46. The zero-order valence-corrected chi connectivity index (χ0v) is 12.0. The summed E-state index contributed by atoms with van der Waals surface area (Å²) in [6.45, 7) is 6.72. The van der Waals surface area contributed by atoms with Crippen LogP contribution in [0.3, 0.4) is 0 Å². The van der Waals surface area contributed by atoms with Crippen LogP contribution in [0.1, 0.15) is 37.9 Å². The molecule has 0 aliphatic heterocycles. The van der Waals surface area contributed by atoms with Crippen LogP contribution >= 0.6 is 0 Å². The van der Waals surface area contributed by atoms with Gasteiger partial charge in [-0.25, -0.2) is 15.0 Å². The molecule has 6 nitrogen and oxygen atoms in total. The normalized spacial score (nSPS) is 11.4. The standard InChI is InChI=1S/C14H19N5O/c1-14(2,3)13-18-5-10(6-19-13)4-16-12-8-15-11(9-20)7-17-12/h5-8,20H,4,9H2,1-3H3,(H,16,17). The molecule has 2 heterocycles. The van der Waals surface area contributed by atoms with Gasteiger partial charge in [0.1, 0.15) is 11.6 Å². The van der Waals surface area contributed by atoms with E-state index in [0.717, 1.165) is 11.4 Å². The maximum Gasteiger partial charge on any atom is 0.144 e. The van der Waals surface area contributed by atoms with E-state index < -0.39 is 0 Å². The van der Waals surface area contributed by atoms with Crippen molar-refractivity contribution in [3.63, 3.8) is 0 Å². The average molecular weight is 273 g/mol. The Morgan fingerprint density at radius 1 is 1.00 bits per heavy atom. The summed E-state index contributed by atoms with van der Waals surface area (Å²) < 4.78 is 0. The molecule has 0 atom stereocenters. The molecule has 0 spiro atoms. The van der Waals surface area contributed by atoms with Crippen molar-refractivity contribution in [2.75, 3.05) is 5.32 Å². The second-order valence-electron chi connectivity index (χ2n) is 5.57. The molecular formula is C14H19N5O. The Hall–Kier alpha value is -2.08. The summed E-state index contributed by atoms with van der Waals surface area (Å²) in [6, 6.07) is 0. The Kier molecular flexibility index (Phi) is 4.24. The molecule has 6 heteroatoms. The number of hydrogen-bond acceptors (Lipinski definition) is 6. The van der Waals surface area contributed by atoms with Crippen LogP contribution in [0, 0.1) is 0 Å². The van der Waals surface area contributed by atoms with Crippen LogP contribution in [0.4, 0.5) is 5.82 Å². The van der Waals surface area contributed by atoms with Gasteiger partial charge >= 0.3 is 0 Å². The van der Waals surface area contributed by atoms with E-state index in [1.165, 1.54) is 0 Å². The molecule has 0 unspecified atom stereocenters. The van der Waals surface area contributed by atoms with Crippen molar-refractivity contribution in [1.82, 2.24) is 19.9 Å². The number of nitrogens with zero attached hydrogens (tertiary/aromatic N) is 4. The number of rotatable bonds is 4. The van der Waals surface area contributed by atoms with Crippen LogP contribution in [-0.2, 0) is 18.6 Å². The first-order chi connectivity index (χ1) is 9.49. The molecule has 2 aromatic heterocycles. The van der Waals surface area contributed by atoms with E-state index >= 15 is 0 Å². The predicted octanol–water partition coefficient (Wildman–Crippen LogP) is 1.67. The van der Waals surface area contributed by atoms with E-state index in [-0.39, 0.29) is 12.0 Å². The SMILES string of the molecule is CC(C)(C)c1ncc(CNc2cnc(CO)cn2)cn1. The van der Waals surface area contributed by atoms with Crippen molar-refractivity contribution < 1.29 is 5.11 Å². The van der Waals surface area contributed by atoms with Gasteiger partial charge in [0.2, 0.25) is 0 Å². The zero-order valence-electron chi connectivity index (χ0n) is 12.0. The molecule has 0 amide bonds. The minimum atomic E-state index is -0.102. The molecule has 0 saturated carbocycles. The van der Waals surface area contributed by atoms with Gasteiger partial charge in [-0.1, -0.05) is 20.8 Å². The fraction of sp³-hybridized carbons (Fsp3) is 0.429. The third kappa shape index (κ3) is 3.71. The molecule has 0 radical (unpaired) electrons. The maximum absolute atomic E-state index is 8.89. The van der Waals surface area contributed by atoms with Gasteiger partial charge in [-0.15, -0.1) is 0 Å². The number of anilines is 1. The Bertz CT molecular complexity index is 545. The van der Waals surface area contributed by atoms with E-state index in [1.54, 1.807) is 12.4 Å². The number of nitrogens with one attached hydrogen (secondary N) is 1. The highest BCUT2D eigenvalue weighted by Crippen LogP contribution is 2.17. The summed E-state index contributed by atoms with van der Waals surface area (Å²) in [5.41, 5.74) is 1.48. The summed E-state index contributed by atoms with van der Waals surface area (Å²) in [6.07, 6.45) is 6.77. The van der Waals surface area contributed by atoms with Crippen LogP contribution in [-0.4, -0.2) is 25.0 Å². The molecule has 0 saturated heterocycles. The predicted molar refractivity (Wildman–Crippen MR) is 76.0 cm³/mol. The number of aliphatic hydroxyl groups is 1. The van der Waals surface area contributed by atoms with Crippen molar-refractivity contribution in [3.8, 4) is 0 Å². The van der Waals surface area contributed by atoms with E-state index in [2.05, 4.69) is 46.0 Å². The molecule has 2 aromatic rings. The minimum Gasteiger partial charge on any atom is -0.390 e. The largest absolute Gasteiger partial charge is 0.390 e. The minimum absolute atomic E-state index is 0.0441. The van der Waals surface area contributed by atoms with Crippen LogP contribution in [0.5, 0.6) is 0 Å². The van der Waals surface area contributed by atoms with Crippen molar-refractivity contribution in [3.05, 3.63) is 41.9 Å². The van der Waals surface area contributed by atoms with Crippen LogP contribution < -0.4 is 5.32 Å². The van der Waals surface area contributed by atoms with Gasteiger partial charge < -0.3 is 10.4 Å². The first-order valence-corrected chi connectivity index (χ1v) is 6.46. The maximum atomic E-state index is 8.89. The molecule has 2 rings (SSSR count). The quantitative estimate of drug-likeness (QED) is 0.881. The second-order valence-corrected chi connectivity index (χ2v) is 5.57. The van der Waals surface area contributed by atoms with Gasteiger partial charge in [0.25, 0.3) is 0 Å². The van der Waals surface area contributed by atoms with Crippen LogP contribution in [0.2, 0.25) is 0 Å². The summed E-state index contributed by atoms with van der Waals surface area (Å²) >= 11 is 0. The molecule has 0 aliphatic carbocycles. The topological polar surface area (TPSA) is 83.8 Å². The summed E-state index contributed by atoms with van der Waals surface area (Å²) in [7, 11) is 0. The number of aromatic nitrogens is 4. The van der Waals surface area contributed by atoms with Gasteiger partial charge in [-0.2, -0.15) is 0 Å². The zero-order chi connectivity index (χ0) is 14.6. The lowest BCUT2D eigenvalue weighted by molar-refractivity contribution is 0.276. The van der Waals surface area contributed by atoms with E-state index in [0.29, 0.717) is 18.1 Å². The van der Waals surface area contributed by atoms with Gasteiger partial charge in [-0.3, -0.25) is 4.98 Å². The monoisotopic (exact) mass is 273 g/mol. The number of aliphatic hydroxyl groups excluding tert-OH is 1. The molecule has 0 fully saturated rings. The van der Waals surface area contributed by atoms with Gasteiger partial charge in [0.05, 0.1) is 24.7 Å². The summed E-state index contributed by atoms with van der Waals surface area (Å²) in [5.74, 6) is 1.48. The number of hydrogen-bond donors (Lipinski definition) is 2. The first kappa shape index (κ1) is 14.3. The third-order valence-electron chi connectivity index (χ3n) is 2.72. The van der Waals surface area contributed by atoms with Crippen molar-refractivity contribution in [2.24, 2.45) is 0 Å². The summed E-state index contributed by atoms with van der Waals surface area (Å²) in [4.78, 5) is 16.9. The molecule has 0 aliphatic rings. The Morgan fingerprint density at radius 2 is 1.70 bits per heavy atom. The summed E-state index contributed by atoms with van der Waals surface area (Å²) in [5, 5.41) is 12.0. The van der Waals surface area contributed by atoms with Crippen LogP contribution in [0.25, 0.3) is 0 Å². The van der Waals surface area contributed by atoms with Gasteiger partial charge in [0.15, 0.2) is 0 Å². The molecule has 2 N–H and O–H groups in total. The van der Waals surface area contributed by atoms with Crippen molar-refractivity contribution in [2.45, 2.75) is 39.3 Å². The highest BCUT2D eigenvalue weighted by Gasteiger charge is 2.16. The van der Waals surface area contributed by atoms with E-state index in [1.807, 2.05) is 12.4 Å². The fourth-order valence-corrected chi connectivity index (χ4v) is 1.55. The highest BCUT2D eigenvalue weighted by molar-refractivity contribution is 5.32. The highest BCUT2D eigenvalue weighted by atomic mass is 16.3. The molecular weight excluding hydrogens is 254 g/mol. The van der Waals surface area contributed by atoms with E-state index in [4.69, 9.17) is 5.11 Å². The lowest BCUT2D eigenvalue weighted by Crippen LogP contribution is -2.16. The second kappa shape index (κ2) is 5.92. The smallest absolute Gasteiger partial charge is 0.144 e. The Labute approximate surface area is 118 Å². The molecule has 0 aromatic carbocycles. The van der Waals surface area contributed by atoms with Crippen LogP contribution in [0.15, 0.2) is 24.8 Å². The lowest BCUT2D eigenvalue weighted by atomic mass is 9.96. The Balaban J connectivity index is 1.96. The molecule has 20 heavy (non-hydrogen) atoms. The average Bonchev–Trinajstić information content (AvgIpc) is 2.45. The fourth-order valence-electron chi connectivity index (χ4n) is 1.55. The third-order valence-corrected chi connectivity index (χ3v) is 2.72. The van der Waals surface area contributed by atoms with E-state index in [9.17, 15) is 0 Å². The van der Waals surface area contributed by atoms with Gasteiger partial charge in [-0.05, 0) is 0 Å². The van der Waals surface area contributed by atoms with Crippen molar-refractivity contribution in [1.29, 1.82) is 0 Å². The molecule has 106 valence electrons.